The van der Waals surface area contributed by atoms with E-state index in [9.17, 15) is 18.0 Å². The zero-order valence-electron chi connectivity index (χ0n) is 12.6. The molecule has 0 bridgehead atoms. The van der Waals surface area contributed by atoms with E-state index in [1.165, 1.54) is 24.3 Å². The maximum Gasteiger partial charge on any atom is 0.340 e. The first-order chi connectivity index (χ1) is 10.8. The summed E-state index contributed by atoms with van der Waals surface area (Å²) in [5.41, 5.74) is -1.94. The quantitative estimate of drug-likeness (QED) is 0.430. The van der Waals surface area contributed by atoms with Crippen molar-refractivity contribution in [1.29, 1.82) is 0 Å². The number of halogens is 1. The molecule has 0 saturated carbocycles. The number of esters is 2. The molecule has 1 unspecified atom stereocenters. The average molecular weight is 362 g/mol. The Morgan fingerprint density at radius 1 is 1.13 bits per heavy atom. The Morgan fingerprint density at radius 2 is 1.61 bits per heavy atom. The lowest BCUT2D eigenvalue weighted by Crippen LogP contribution is -2.42. The molecule has 0 aliphatic carbocycles. The summed E-state index contributed by atoms with van der Waals surface area (Å²) < 4.78 is 35.7. The van der Waals surface area contributed by atoms with Crippen LogP contribution in [0.25, 0.3) is 0 Å². The number of ether oxygens (including phenoxy) is 2. The Bertz CT molecular complexity index is 697. The monoisotopic (exact) mass is 361 g/mol. The molecule has 1 saturated heterocycles. The van der Waals surface area contributed by atoms with Crippen LogP contribution < -0.4 is 0 Å². The van der Waals surface area contributed by atoms with Gasteiger partial charge in [-0.1, -0.05) is 11.6 Å². The highest BCUT2D eigenvalue weighted by Gasteiger charge is 2.72. The van der Waals surface area contributed by atoms with Gasteiger partial charge in [-0.25, -0.2) is 18.0 Å². The lowest BCUT2D eigenvalue weighted by atomic mass is 10.1. The maximum atomic E-state index is 12.6. The molecule has 0 spiro atoms. The van der Waals surface area contributed by atoms with Crippen molar-refractivity contribution < 1.29 is 27.5 Å². The third-order valence-electron chi connectivity index (χ3n) is 3.32. The van der Waals surface area contributed by atoms with E-state index in [-0.39, 0.29) is 24.7 Å². The van der Waals surface area contributed by atoms with Gasteiger partial charge >= 0.3 is 11.9 Å². The highest BCUT2D eigenvalue weighted by atomic mass is 35.5. The zero-order valence-corrected chi connectivity index (χ0v) is 14.2. The van der Waals surface area contributed by atoms with E-state index >= 15 is 0 Å². The molecule has 2 rings (SSSR count). The molecule has 1 aromatic rings. The normalized spacial score (nSPS) is 19.0. The molecule has 0 radical (unpaired) electrons. The van der Waals surface area contributed by atoms with Crippen molar-refractivity contribution in [1.82, 2.24) is 4.31 Å². The molecule has 1 aliphatic rings. The van der Waals surface area contributed by atoms with E-state index in [1.54, 1.807) is 13.8 Å². The minimum Gasteiger partial charge on any atom is -0.464 e. The molecule has 0 N–H and O–H groups in total. The van der Waals surface area contributed by atoms with Gasteiger partial charge in [0.2, 0.25) is 15.6 Å². The van der Waals surface area contributed by atoms with Crippen molar-refractivity contribution in [2.75, 3.05) is 19.8 Å². The Balaban J connectivity index is 2.37. The molecule has 0 amide bonds. The molecule has 1 fully saturated rings. The summed E-state index contributed by atoms with van der Waals surface area (Å²) in [5, 5.41) is 0.372. The van der Waals surface area contributed by atoms with Crippen LogP contribution in [-0.4, -0.2) is 50.0 Å². The van der Waals surface area contributed by atoms with Gasteiger partial charge in [-0.3, -0.25) is 0 Å². The summed E-state index contributed by atoms with van der Waals surface area (Å²) in [6.07, 6.45) is 0. The molecule has 1 aromatic carbocycles. The fraction of sp³-hybridized carbons (Fsp3) is 0.429. The Morgan fingerprint density at radius 3 is 2.04 bits per heavy atom. The van der Waals surface area contributed by atoms with E-state index in [4.69, 9.17) is 21.1 Å². The van der Waals surface area contributed by atoms with Crippen LogP contribution in [0.3, 0.4) is 0 Å². The van der Waals surface area contributed by atoms with E-state index in [0.29, 0.717) is 5.02 Å². The highest BCUT2D eigenvalue weighted by Crippen LogP contribution is 2.41. The van der Waals surface area contributed by atoms with Gasteiger partial charge in [0, 0.05) is 5.02 Å². The molecule has 0 aromatic heterocycles. The number of rotatable bonds is 6. The van der Waals surface area contributed by atoms with Crippen molar-refractivity contribution in [3.05, 3.63) is 29.3 Å². The number of benzene rings is 1. The molecule has 7 nitrogen and oxygen atoms in total. The van der Waals surface area contributed by atoms with Gasteiger partial charge < -0.3 is 9.47 Å². The fourth-order valence-electron chi connectivity index (χ4n) is 2.11. The summed E-state index contributed by atoms with van der Waals surface area (Å²) in [6, 6.07) is 5.43. The number of carbonyl (C=O) groups excluding carboxylic acids is 2. The topological polar surface area (TPSA) is 89.8 Å². The third kappa shape index (κ3) is 3.06. The van der Waals surface area contributed by atoms with Crippen LogP contribution in [-0.2, 0) is 29.1 Å². The van der Waals surface area contributed by atoms with Gasteiger partial charge in [-0.2, -0.15) is 4.31 Å². The van der Waals surface area contributed by atoms with Crippen molar-refractivity contribution in [2.24, 2.45) is 0 Å². The predicted molar refractivity (Wildman–Crippen MR) is 81.3 cm³/mol. The molecular formula is C14H16ClNO6S. The molecule has 23 heavy (non-hydrogen) atoms. The first-order valence-corrected chi connectivity index (χ1v) is 8.75. The lowest BCUT2D eigenvalue weighted by Gasteiger charge is -2.15. The summed E-state index contributed by atoms with van der Waals surface area (Å²) in [5.74, 6) is -1.87. The first kappa shape index (κ1) is 17.7. The first-order valence-electron chi connectivity index (χ1n) is 6.93. The van der Waals surface area contributed by atoms with E-state index < -0.39 is 27.5 Å². The summed E-state index contributed by atoms with van der Waals surface area (Å²) in [4.78, 5) is 24.2. The van der Waals surface area contributed by atoms with Gasteiger partial charge in [0.1, 0.15) is 0 Å². The number of hydrogen-bond donors (Lipinski definition) is 0. The highest BCUT2D eigenvalue weighted by molar-refractivity contribution is 7.89. The molecule has 1 aliphatic heterocycles. The largest absolute Gasteiger partial charge is 0.464 e. The summed E-state index contributed by atoms with van der Waals surface area (Å²) >= 11 is 5.74. The van der Waals surface area contributed by atoms with Crippen LogP contribution in [0.2, 0.25) is 5.02 Å². The average Bonchev–Trinajstić information content (AvgIpc) is 3.26. The number of hydrogen-bond acceptors (Lipinski definition) is 6. The zero-order chi connectivity index (χ0) is 17.3. The van der Waals surface area contributed by atoms with Gasteiger partial charge in [0.05, 0.1) is 24.7 Å². The fourth-order valence-corrected chi connectivity index (χ4v) is 3.89. The van der Waals surface area contributed by atoms with Gasteiger partial charge in [-0.05, 0) is 38.1 Å². The van der Waals surface area contributed by atoms with E-state index in [2.05, 4.69) is 0 Å². The van der Waals surface area contributed by atoms with E-state index in [1.807, 2.05) is 0 Å². The minimum absolute atomic E-state index is 0.0226. The van der Waals surface area contributed by atoms with Gasteiger partial charge in [-0.15, -0.1) is 0 Å². The third-order valence-corrected chi connectivity index (χ3v) is 5.46. The van der Waals surface area contributed by atoms with Crippen LogP contribution in [0, 0.1) is 0 Å². The molecule has 126 valence electrons. The Hall–Kier alpha value is -1.64. The van der Waals surface area contributed by atoms with Crippen LogP contribution in [0.4, 0.5) is 0 Å². The summed E-state index contributed by atoms with van der Waals surface area (Å²) in [7, 11) is -4.04. The van der Waals surface area contributed by atoms with Crippen LogP contribution in [0.1, 0.15) is 13.8 Å². The van der Waals surface area contributed by atoms with Gasteiger partial charge in [0.15, 0.2) is 0 Å². The smallest absolute Gasteiger partial charge is 0.340 e. The molecule has 1 atom stereocenters. The lowest BCUT2D eigenvalue weighted by molar-refractivity contribution is -0.159. The standard InChI is InChI=1S/C14H16ClNO6S/c1-3-21-12(17)14(13(18)22-4-2)9-16(14)23(19,20)11-7-5-10(15)6-8-11/h5-8H,3-4,9H2,1-2H3. The predicted octanol–water partition coefficient (Wildman–Crippen LogP) is 1.21. The van der Waals surface area contributed by atoms with Crippen molar-refractivity contribution in [3.8, 4) is 0 Å². The Labute approximate surface area is 139 Å². The number of nitrogens with zero attached hydrogens (tertiary/aromatic N) is 1. The molecule has 1 heterocycles. The van der Waals surface area contributed by atoms with E-state index in [0.717, 1.165) is 4.31 Å². The van der Waals surface area contributed by atoms with Crippen molar-refractivity contribution in [2.45, 2.75) is 24.3 Å². The second kappa shape index (κ2) is 6.46. The summed E-state index contributed by atoms with van der Waals surface area (Å²) in [6.45, 7) is 2.87. The van der Waals surface area contributed by atoms with Crippen molar-refractivity contribution in [3.63, 3.8) is 0 Å². The van der Waals surface area contributed by atoms with Crippen LogP contribution >= 0.6 is 11.6 Å². The van der Waals surface area contributed by atoms with Crippen LogP contribution in [0.15, 0.2) is 29.2 Å². The maximum absolute atomic E-state index is 12.6. The number of carbonyl (C=O) groups is 2. The molecular weight excluding hydrogens is 346 g/mol. The Kier molecular flexibility index (Phi) is 4.98. The minimum atomic E-state index is -4.04. The second-order valence-corrected chi connectivity index (χ2v) is 7.07. The van der Waals surface area contributed by atoms with Gasteiger partial charge in [0.25, 0.3) is 0 Å². The second-order valence-electron chi connectivity index (χ2n) is 4.77. The number of sulfonamides is 1. The van der Waals surface area contributed by atoms with Crippen LogP contribution in [0.5, 0.6) is 0 Å². The SMILES string of the molecule is CCOC(=O)C1(C(=O)OCC)CN1S(=O)(=O)c1ccc(Cl)cc1. The van der Waals surface area contributed by atoms with Crippen molar-refractivity contribution >= 4 is 33.6 Å². The molecule has 9 heteroatoms.